The Bertz CT molecular complexity index is 1340. The first-order valence-electron chi connectivity index (χ1n) is 14.5. The Morgan fingerprint density at radius 1 is 1.15 bits per heavy atom. The maximum Gasteiger partial charge on any atom is 0.291 e. The van der Waals surface area contributed by atoms with Crippen LogP contribution in [0.4, 0.5) is 11.4 Å². The fourth-order valence-electron chi connectivity index (χ4n) is 5.57. The van der Waals surface area contributed by atoms with Crippen LogP contribution >= 0.6 is 0 Å². The molecule has 0 bridgehead atoms. The molecule has 40 heavy (non-hydrogen) atoms. The van der Waals surface area contributed by atoms with Crippen LogP contribution in [0, 0.1) is 12.8 Å². The van der Waals surface area contributed by atoms with Crippen molar-refractivity contribution in [2.24, 2.45) is 21.2 Å². The number of aromatic nitrogens is 1. The lowest BCUT2D eigenvalue weighted by Crippen LogP contribution is -2.51. The van der Waals surface area contributed by atoms with E-state index in [4.69, 9.17) is 9.41 Å². The minimum Gasteiger partial charge on any atom is -0.455 e. The summed E-state index contributed by atoms with van der Waals surface area (Å²) in [4.78, 5) is 27.3. The molecule has 1 aliphatic carbocycles. The average molecular weight is 545 g/mol. The van der Waals surface area contributed by atoms with E-state index in [1.807, 2.05) is 24.1 Å². The van der Waals surface area contributed by atoms with Gasteiger partial charge in [0.1, 0.15) is 5.76 Å². The van der Waals surface area contributed by atoms with Gasteiger partial charge >= 0.3 is 0 Å². The number of hydrogen-bond donors (Lipinski definition) is 1. The largest absolute Gasteiger partial charge is 0.455 e. The Hall–Kier alpha value is -3.37. The molecule has 0 aromatic carbocycles. The Labute approximate surface area is 236 Å². The second-order valence-electron chi connectivity index (χ2n) is 12.5. The predicted octanol–water partition coefficient (Wildman–Crippen LogP) is 4.84. The van der Waals surface area contributed by atoms with Crippen LogP contribution in [0.5, 0.6) is 0 Å². The minimum absolute atomic E-state index is 0.168. The summed E-state index contributed by atoms with van der Waals surface area (Å²) in [7, 11) is 0. The summed E-state index contributed by atoms with van der Waals surface area (Å²) >= 11 is 0. The van der Waals surface area contributed by atoms with E-state index in [1.165, 1.54) is 25.0 Å². The van der Waals surface area contributed by atoms with Gasteiger partial charge in [0.2, 0.25) is 0 Å². The van der Waals surface area contributed by atoms with Crippen molar-refractivity contribution < 1.29 is 9.21 Å². The number of furan rings is 1. The second kappa shape index (κ2) is 10.9. The van der Waals surface area contributed by atoms with Crippen molar-refractivity contribution in [3.8, 4) is 0 Å². The third-order valence-electron chi connectivity index (χ3n) is 8.25. The lowest BCUT2D eigenvalue weighted by atomic mass is 9.94. The maximum absolute atomic E-state index is 12.8. The molecule has 1 saturated heterocycles. The number of carbonyl (C=O) groups is 1. The molecule has 2 aromatic rings. The zero-order chi connectivity index (χ0) is 27.9. The van der Waals surface area contributed by atoms with Crippen molar-refractivity contribution in [3.05, 3.63) is 52.9 Å². The van der Waals surface area contributed by atoms with Gasteiger partial charge in [0.25, 0.3) is 5.91 Å². The van der Waals surface area contributed by atoms with E-state index in [2.05, 4.69) is 57.4 Å². The predicted molar refractivity (Wildman–Crippen MR) is 156 cm³/mol. The Kier molecular flexibility index (Phi) is 7.31. The van der Waals surface area contributed by atoms with Crippen LogP contribution in [-0.4, -0.2) is 78.8 Å². The third-order valence-corrected chi connectivity index (χ3v) is 8.25. The summed E-state index contributed by atoms with van der Waals surface area (Å²) in [6.07, 6.45) is 7.56. The van der Waals surface area contributed by atoms with Crippen molar-refractivity contribution in [2.45, 2.75) is 58.4 Å². The molecule has 1 saturated carbocycles. The summed E-state index contributed by atoms with van der Waals surface area (Å²) in [6.45, 7) is 15.1. The molecule has 6 rings (SSSR count). The number of piperazine rings is 1. The molecular formula is C30H40N8O2. The molecule has 1 unspecified atom stereocenters. The van der Waals surface area contributed by atoms with Crippen LogP contribution in [0.2, 0.25) is 0 Å². The molecule has 2 aromatic heterocycles. The van der Waals surface area contributed by atoms with Crippen molar-refractivity contribution in [1.29, 1.82) is 0 Å². The highest BCUT2D eigenvalue weighted by Crippen LogP contribution is 2.32. The monoisotopic (exact) mass is 544 g/mol. The molecule has 10 nitrogen and oxygen atoms in total. The van der Waals surface area contributed by atoms with E-state index in [0.29, 0.717) is 24.8 Å². The van der Waals surface area contributed by atoms with Gasteiger partial charge in [-0.3, -0.25) is 19.7 Å². The number of aliphatic imine (C=N–C) groups is 1. The van der Waals surface area contributed by atoms with E-state index in [0.717, 1.165) is 61.4 Å². The zero-order valence-electron chi connectivity index (χ0n) is 24.1. The van der Waals surface area contributed by atoms with Crippen molar-refractivity contribution >= 4 is 23.5 Å². The molecule has 1 atom stereocenters. The van der Waals surface area contributed by atoms with Gasteiger partial charge < -0.3 is 14.6 Å². The van der Waals surface area contributed by atoms with Gasteiger partial charge in [-0.05, 0) is 55.9 Å². The molecule has 0 spiro atoms. The zero-order valence-corrected chi connectivity index (χ0v) is 24.1. The summed E-state index contributed by atoms with van der Waals surface area (Å²) in [6, 6.07) is 5.77. The molecule has 10 heteroatoms. The Morgan fingerprint density at radius 3 is 2.67 bits per heavy atom. The van der Waals surface area contributed by atoms with Crippen LogP contribution in [0.3, 0.4) is 0 Å². The van der Waals surface area contributed by atoms with Gasteiger partial charge in [0.15, 0.2) is 5.76 Å². The molecular weight excluding hydrogens is 504 g/mol. The topological polar surface area (TPSA) is 102 Å². The number of amides is 1. The first-order valence-corrected chi connectivity index (χ1v) is 14.5. The fourth-order valence-corrected chi connectivity index (χ4v) is 5.57. The first-order chi connectivity index (χ1) is 19.2. The van der Waals surface area contributed by atoms with Crippen molar-refractivity contribution in [2.75, 3.05) is 56.1 Å². The minimum atomic E-state index is -0.308. The normalized spacial score (nSPS) is 24.2. The number of aryl methyl sites for hydroxylation is 1. The first kappa shape index (κ1) is 26.8. The summed E-state index contributed by atoms with van der Waals surface area (Å²) in [5.74, 6) is 1.68. The van der Waals surface area contributed by atoms with E-state index in [1.54, 1.807) is 12.3 Å². The molecule has 0 radical (unpaired) electrons. The van der Waals surface area contributed by atoms with Gasteiger partial charge in [-0.2, -0.15) is 0 Å². The van der Waals surface area contributed by atoms with Crippen LogP contribution in [-0.2, 0) is 5.41 Å². The number of anilines is 2. The van der Waals surface area contributed by atoms with Crippen LogP contribution in [0.25, 0.3) is 0 Å². The molecule has 3 aliphatic heterocycles. The summed E-state index contributed by atoms with van der Waals surface area (Å²) < 4.78 is 5.79. The van der Waals surface area contributed by atoms with E-state index in [-0.39, 0.29) is 17.1 Å². The van der Waals surface area contributed by atoms with Crippen molar-refractivity contribution in [3.63, 3.8) is 0 Å². The number of carbonyl (C=O) groups excluding carboxylic acids is 1. The number of nitrogens with one attached hydrogen (secondary N) is 1. The quantitative estimate of drug-likeness (QED) is 0.558. The molecule has 5 heterocycles. The number of nitrogens with zero attached hydrogens (tertiary/aromatic N) is 7. The van der Waals surface area contributed by atoms with Gasteiger partial charge in [0, 0.05) is 50.4 Å². The van der Waals surface area contributed by atoms with Crippen LogP contribution in [0.1, 0.15) is 62.0 Å². The average Bonchev–Trinajstić information content (AvgIpc) is 3.39. The number of pyridine rings is 1. The second-order valence-corrected chi connectivity index (χ2v) is 12.5. The number of rotatable bonds is 6. The Morgan fingerprint density at radius 2 is 1.95 bits per heavy atom. The molecule has 1 amide bonds. The van der Waals surface area contributed by atoms with Gasteiger partial charge in [-0.15, -0.1) is 5.11 Å². The third kappa shape index (κ3) is 6.02. The smallest absolute Gasteiger partial charge is 0.291 e. The highest BCUT2D eigenvalue weighted by molar-refractivity contribution is 6.02. The fraction of sp³-hybridized carbons (Fsp3) is 0.567. The van der Waals surface area contributed by atoms with Crippen LogP contribution < -0.4 is 10.3 Å². The highest BCUT2D eigenvalue weighted by atomic mass is 16.4. The van der Waals surface area contributed by atoms with E-state index >= 15 is 0 Å². The lowest BCUT2D eigenvalue weighted by molar-refractivity contribution is 0.0993. The summed E-state index contributed by atoms with van der Waals surface area (Å²) in [5.41, 5.74) is 4.28. The van der Waals surface area contributed by atoms with Gasteiger partial charge in [0.05, 0.1) is 42.1 Å². The number of hydrogen-bond acceptors (Lipinski definition) is 9. The molecule has 212 valence electrons. The van der Waals surface area contributed by atoms with E-state index in [9.17, 15) is 4.79 Å². The maximum atomic E-state index is 12.8. The molecule has 4 aliphatic rings. The van der Waals surface area contributed by atoms with Gasteiger partial charge in [-0.1, -0.05) is 26.0 Å². The van der Waals surface area contributed by atoms with Crippen molar-refractivity contribution in [1.82, 2.24) is 14.8 Å². The molecule has 1 N–H and O–H groups in total. The Balaban J connectivity index is 1.09. The summed E-state index contributed by atoms with van der Waals surface area (Å²) in [5, 5.41) is 13.8. The van der Waals surface area contributed by atoms with Crippen LogP contribution in [0.15, 0.2) is 55.4 Å². The SMILES string of the molecule is Cc1ncc(NC(=O)c2ccc(C(C)(C)C)o2)cc1N1C/C(=C2/CN=CC(N3CCN(CC4CC4)CC3)C2)N=N1. The van der Waals surface area contributed by atoms with Gasteiger partial charge in [-0.25, -0.2) is 5.01 Å². The molecule has 2 fully saturated rings. The lowest BCUT2D eigenvalue weighted by Gasteiger charge is -2.39. The standard InChI is InChI=1S/C30H40N8O2/c1-20-26(14-23(16-32-20)33-29(39)27-7-8-28(40-27)30(2,3)4)38-19-25(34-35-38)22-13-24(17-31-15-22)37-11-9-36(10-12-37)18-21-5-6-21/h7-8,14,16-17,21,24H,5-6,9-13,15,18-19H2,1-4H3,(H,33,39)/b25-22-. The van der Waals surface area contributed by atoms with E-state index < -0.39 is 0 Å². The highest BCUT2D eigenvalue weighted by Gasteiger charge is 2.30.